The van der Waals surface area contributed by atoms with E-state index in [2.05, 4.69) is 25.4 Å². The molecule has 1 fully saturated rings. The topological polar surface area (TPSA) is 107 Å². The van der Waals surface area contributed by atoms with Crippen LogP contribution in [0.25, 0.3) is 11.1 Å². The Hall–Kier alpha value is -5.42. The number of hydrogen-bond acceptors (Lipinski definition) is 8. The molecule has 5 aromatic rings. The van der Waals surface area contributed by atoms with E-state index in [0.717, 1.165) is 34.9 Å². The number of halogens is 5. The molecule has 234 valence electrons. The first-order chi connectivity index (χ1) is 22.1. The van der Waals surface area contributed by atoms with Gasteiger partial charge in [0.15, 0.2) is 5.60 Å². The average molecular weight is 633 g/mol. The van der Waals surface area contributed by atoms with E-state index in [1.54, 1.807) is 6.07 Å². The van der Waals surface area contributed by atoms with Gasteiger partial charge in [-0.05, 0) is 64.5 Å². The molecule has 14 heteroatoms. The van der Waals surface area contributed by atoms with Crippen molar-refractivity contribution in [3.63, 3.8) is 0 Å². The van der Waals surface area contributed by atoms with Crippen LogP contribution in [0.4, 0.5) is 33.3 Å². The van der Waals surface area contributed by atoms with E-state index in [4.69, 9.17) is 5.26 Å². The summed E-state index contributed by atoms with van der Waals surface area (Å²) in [6.45, 7) is 1.70. The van der Waals surface area contributed by atoms with Crippen molar-refractivity contribution in [1.29, 1.82) is 5.26 Å². The van der Waals surface area contributed by atoms with Gasteiger partial charge >= 0.3 is 5.92 Å². The summed E-state index contributed by atoms with van der Waals surface area (Å²) in [6, 6.07) is 18.3. The minimum atomic E-state index is -4.16. The Labute approximate surface area is 259 Å². The van der Waals surface area contributed by atoms with Crippen molar-refractivity contribution in [2.75, 3.05) is 36.0 Å². The molecule has 1 saturated heterocycles. The molecular formula is C32H25F5N8O. The molecule has 1 N–H and O–H groups in total. The van der Waals surface area contributed by atoms with Crippen LogP contribution in [-0.2, 0) is 18.1 Å². The van der Waals surface area contributed by atoms with Crippen LogP contribution < -0.4 is 9.80 Å². The molecule has 9 nitrogen and oxygen atoms in total. The van der Waals surface area contributed by atoms with Gasteiger partial charge in [0.1, 0.15) is 35.5 Å². The molecule has 1 aliphatic rings. The fourth-order valence-corrected chi connectivity index (χ4v) is 5.51. The Morgan fingerprint density at radius 3 is 2.07 bits per heavy atom. The summed E-state index contributed by atoms with van der Waals surface area (Å²) >= 11 is 0. The zero-order valence-electron chi connectivity index (χ0n) is 24.0. The van der Waals surface area contributed by atoms with E-state index < -0.39 is 46.8 Å². The summed E-state index contributed by atoms with van der Waals surface area (Å²) in [6.07, 6.45) is 2.21. The van der Waals surface area contributed by atoms with E-state index >= 15 is 8.78 Å². The highest BCUT2D eigenvalue weighted by molar-refractivity contribution is 5.66. The van der Waals surface area contributed by atoms with Gasteiger partial charge in [-0.25, -0.2) is 17.9 Å². The number of nitriles is 1. The van der Waals surface area contributed by atoms with Crippen molar-refractivity contribution >= 4 is 11.4 Å². The van der Waals surface area contributed by atoms with Crippen LogP contribution in [0, 0.1) is 28.8 Å². The number of pyridine rings is 1. The van der Waals surface area contributed by atoms with Crippen molar-refractivity contribution in [3.05, 3.63) is 120 Å². The highest BCUT2D eigenvalue weighted by atomic mass is 19.3. The third-order valence-corrected chi connectivity index (χ3v) is 8.05. The first-order valence-electron chi connectivity index (χ1n) is 14.1. The molecule has 0 aliphatic carbocycles. The minimum absolute atomic E-state index is 0.00357. The normalized spacial score (nSPS) is 15.0. The third kappa shape index (κ3) is 5.72. The van der Waals surface area contributed by atoms with Gasteiger partial charge in [-0.15, -0.1) is 5.10 Å². The molecule has 3 heterocycles. The Morgan fingerprint density at radius 1 is 0.804 bits per heavy atom. The Bertz CT molecular complexity index is 1870. The second-order valence-corrected chi connectivity index (χ2v) is 10.8. The van der Waals surface area contributed by atoms with Gasteiger partial charge in [0.2, 0.25) is 0 Å². The number of nitrogens with zero attached hydrogens (tertiary/aromatic N) is 8. The second-order valence-electron chi connectivity index (χ2n) is 10.8. The molecule has 3 aromatic carbocycles. The smallest absolute Gasteiger partial charge is 0.323 e. The first-order valence-corrected chi connectivity index (χ1v) is 14.1. The van der Waals surface area contributed by atoms with Gasteiger partial charge in [0.25, 0.3) is 0 Å². The number of alkyl halides is 2. The van der Waals surface area contributed by atoms with Crippen LogP contribution in [0.5, 0.6) is 0 Å². The maximum Gasteiger partial charge on any atom is 0.323 e. The zero-order valence-corrected chi connectivity index (χ0v) is 24.0. The summed E-state index contributed by atoms with van der Waals surface area (Å²) in [4.78, 5) is 8.15. The summed E-state index contributed by atoms with van der Waals surface area (Å²) in [5.41, 5.74) is -2.03. The van der Waals surface area contributed by atoms with E-state index in [9.17, 15) is 18.3 Å². The number of tetrazole rings is 1. The van der Waals surface area contributed by atoms with E-state index in [0.29, 0.717) is 49.1 Å². The van der Waals surface area contributed by atoms with E-state index in [-0.39, 0.29) is 5.56 Å². The quantitative estimate of drug-likeness (QED) is 0.238. The lowest BCUT2D eigenvalue weighted by Gasteiger charge is -2.37. The molecule has 46 heavy (non-hydrogen) atoms. The van der Waals surface area contributed by atoms with Crippen molar-refractivity contribution in [2.24, 2.45) is 0 Å². The summed E-state index contributed by atoms with van der Waals surface area (Å²) < 4.78 is 75.4. The SMILES string of the molecule is N#Cc1ccc(N2CCN(c3ccc(-c4ccc(C(F)(F)C(O)(Cn5cnnn5)c5ccc(F)cc5F)nc4)cc3)CC2)cc1F. The van der Waals surface area contributed by atoms with Crippen LogP contribution in [0.1, 0.15) is 16.8 Å². The molecule has 0 saturated carbocycles. The molecule has 2 aromatic heterocycles. The van der Waals surface area contributed by atoms with Crippen LogP contribution in [0.3, 0.4) is 0 Å². The molecular weight excluding hydrogens is 607 g/mol. The van der Waals surface area contributed by atoms with Crippen molar-refractivity contribution in [2.45, 2.75) is 18.1 Å². The zero-order chi connectivity index (χ0) is 32.5. The Morgan fingerprint density at radius 2 is 1.48 bits per heavy atom. The minimum Gasteiger partial charge on any atom is -0.377 e. The van der Waals surface area contributed by atoms with Crippen molar-refractivity contribution in [3.8, 4) is 17.2 Å². The largest absolute Gasteiger partial charge is 0.377 e. The lowest BCUT2D eigenvalue weighted by molar-refractivity contribution is -0.207. The summed E-state index contributed by atoms with van der Waals surface area (Å²) in [5, 5.41) is 30.6. The fourth-order valence-electron chi connectivity index (χ4n) is 5.51. The summed E-state index contributed by atoms with van der Waals surface area (Å²) in [5.74, 6) is -7.07. The predicted octanol–water partition coefficient (Wildman–Crippen LogP) is 5.03. The number of rotatable bonds is 8. The van der Waals surface area contributed by atoms with E-state index in [1.165, 1.54) is 24.4 Å². The van der Waals surface area contributed by atoms with Crippen molar-refractivity contribution < 1.29 is 27.1 Å². The number of aromatic nitrogens is 5. The van der Waals surface area contributed by atoms with Crippen molar-refractivity contribution in [1.82, 2.24) is 25.2 Å². The summed E-state index contributed by atoms with van der Waals surface area (Å²) in [7, 11) is 0. The highest BCUT2D eigenvalue weighted by Crippen LogP contribution is 2.47. The van der Waals surface area contributed by atoms with Gasteiger partial charge < -0.3 is 14.9 Å². The van der Waals surface area contributed by atoms with Gasteiger partial charge in [-0.2, -0.15) is 14.0 Å². The molecule has 0 bridgehead atoms. The van der Waals surface area contributed by atoms with Crippen LogP contribution >= 0.6 is 0 Å². The van der Waals surface area contributed by atoms with Gasteiger partial charge in [-0.3, -0.25) is 4.98 Å². The second kappa shape index (κ2) is 12.2. The lowest BCUT2D eigenvalue weighted by Crippen LogP contribution is -2.48. The molecule has 1 unspecified atom stereocenters. The highest BCUT2D eigenvalue weighted by Gasteiger charge is 2.58. The molecule has 1 atom stereocenters. The first kappa shape index (κ1) is 30.6. The maximum atomic E-state index is 16.1. The van der Waals surface area contributed by atoms with Crippen LogP contribution in [0.15, 0.2) is 85.3 Å². The van der Waals surface area contributed by atoms with Crippen LogP contribution in [0.2, 0.25) is 0 Å². The average Bonchev–Trinajstić information content (AvgIpc) is 3.57. The van der Waals surface area contributed by atoms with Gasteiger partial charge in [-0.1, -0.05) is 18.2 Å². The van der Waals surface area contributed by atoms with Gasteiger partial charge in [0, 0.05) is 60.9 Å². The molecule has 6 rings (SSSR count). The Kier molecular flexibility index (Phi) is 8.09. The number of aliphatic hydroxyl groups is 1. The monoisotopic (exact) mass is 632 g/mol. The predicted molar refractivity (Wildman–Crippen MR) is 157 cm³/mol. The molecule has 1 aliphatic heterocycles. The fraction of sp³-hybridized carbons (Fsp3) is 0.219. The standard InChI is InChI=1S/C32H25F5N8O/c33-24-5-9-27(29(35)15-24)31(46,19-45-20-40-41-42-45)32(36,37)30-10-4-23(18-39-30)21-1-6-25(7-2-21)43-11-13-44(14-12-43)26-8-3-22(17-38)28(34)16-26/h1-10,15-16,18,20,46H,11-14,19H2. The number of benzene rings is 3. The molecule has 0 amide bonds. The number of hydrogen-bond donors (Lipinski definition) is 1. The van der Waals surface area contributed by atoms with E-state index in [1.807, 2.05) is 35.2 Å². The van der Waals surface area contributed by atoms with Crippen LogP contribution in [-0.4, -0.2) is 56.5 Å². The number of piperazine rings is 1. The lowest BCUT2D eigenvalue weighted by atomic mass is 9.84. The molecule has 0 spiro atoms. The third-order valence-electron chi connectivity index (χ3n) is 8.05. The maximum absolute atomic E-state index is 16.1. The Balaban J connectivity index is 1.18. The van der Waals surface area contributed by atoms with Gasteiger partial charge in [0.05, 0.1) is 12.1 Å². The molecule has 0 radical (unpaired) electrons. The number of anilines is 2.